The molecule has 2 N–H and O–H groups in total. The minimum absolute atomic E-state index is 0.178. The van der Waals surface area contributed by atoms with E-state index in [0.29, 0.717) is 11.4 Å². The van der Waals surface area contributed by atoms with Gasteiger partial charge in [0.2, 0.25) is 5.91 Å². The Morgan fingerprint density at radius 3 is 2.21 bits per heavy atom. The summed E-state index contributed by atoms with van der Waals surface area (Å²) in [5.74, 6) is -1.26. The Hall–Kier alpha value is -3.22. The Kier molecular flexibility index (Phi) is 5.62. The van der Waals surface area contributed by atoms with Crippen molar-refractivity contribution in [2.45, 2.75) is 20.0 Å². The lowest BCUT2D eigenvalue weighted by molar-refractivity contribution is -0.123. The second-order valence-corrected chi connectivity index (χ2v) is 5.04. The van der Waals surface area contributed by atoms with Crippen molar-refractivity contribution < 1.29 is 19.1 Å². The number of aromatic nitrogens is 1. The molecule has 2 amide bonds. The molecule has 0 radical (unpaired) electrons. The number of anilines is 2. The maximum atomic E-state index is 12.1. The van der Waals surface area contributed by atoms with Crippen LogP contribution in [0.3, 0.4) is 0 Å². The van der Waals surface area contributed by atoms with Crippen molar-refractivity contribution in [2.24, 2.45) is 0 Å². The van der Waals surface area contributed by atoms with Gasteiger partial charge in [-0.05, 0) is 43.3 Å². The van der Waals surface area contributed by atoms with E-state index in [0.717, 1.165) is 0 Å². The standard InChI is InChI=1S/C17H17N3O4/c1-11(24-17(23)13-4-3-9-18-10-13)16(22)20-15-7-5-14(6-8-15)19-12(2)21/h3-11H,1-2H3,(H,19,21)(H,20,22)/t11-/m1/s1. The summed E-state index contributed by atoms with van der Waals surface area (Å²) in [6, 6.07) is 9.75. The molecule has 0 aliphatic heterocycles. The van der Waals surface area contributed by atoms with Crippen molar-refractivity contribution in [1.82, 2.24) is 4.98 Å². The van der Waals surface area contributed by atoms with Gasteiger partial charge in [-0.15, -0.1) is 0 Å². The summed E-state index contributed by atoms with van der Waals surface area (Å²) in [5, 5.41) is 5.26. The number of hydrogen-bond donors (Lipinski definition) is 2. The van der Waals surface area contributed by atoms with Crippen LogP contribution in [-0.2, 0) is 14.3 Å². The molecule has 1 atom stereocenters. The number of carbonyl (C=O) groups excluding carboxylic acids is 3. The van der Waals surface area contributed by atoms with E-state index < -0.39 is 18.0 Å². The lowest BCUT2D eigenvalue weighted by atomic mass is 10.2. The van der Waals surface area contributed by atoms with Crippen molar-refractivity contribution in [1.29, 1.82) is 0 Å². The molecule has 7 nitrogen and oxygen atoms in total. The fraction of sp³-hybridized carbons (Fsp3) is 0.176. The zero-order valence-electron chi connectivity index (χ0n) is 13.3. The summed E-state index contributed by atoms with van der Waals surface area (Å²) in [6.45, 7) is 2.89. The van der Waals surface area contributed by atoms with E-state index >= 15 is 0 Å². The van der Waals surface area contributed by atoms with Gasteiger partial charge in [-0.25, -0.2) is 4.79 Å². The van der Waals surface area contributed by atoms with E-state index in [1.54, 1.807) is 36.4 Å². The zero-order chi connectivity index (χ0) is 17.5. The number of rotatable bonds is 5. The summed E-state index contributed by atoms with van der Waals surface area (Å²) in [4.78, 5) is 38.7. The monoisotopic (exact) mass is 327 g/mol. The van der Waals surface area contributed by atoms with Crippen LogP contribution in [0.15, 0.2) is 48.8 Å². The third-order valence-electron chi connectivity index (χ3n) is 3.02. The molecule has 24 heavy (non-hydrogen) atoms. The molecule has 0 saturated carbocycles. The highest BCUT2D eigenvalue weighted by Gasteiger charge is 2.19. The first kappa shape index (κ1) is 17.1. The molecular weight excluding hydrogens is 310 g/mol. The summed E-state index contributed by atoms with van der Waals surface area (Å²) >= 11 is 0. The average molecular weight is 327 g/mol. The largest absolute Gasteiger partial charge is 0.449 e. The summed E-state index contributed by atoms with van der Waals surface area (Å²) in [5.41, 5.74) is 1.42. The molecule has 1 aromatic carbocycles. The number of esters is 1. The average Bonchev–Trinajstić information content (AvgIpc) is 2.56. The van der Waals surface area contributed by atoms with Crippen molar-refractivity contribution in [3.05, 3.63) is 54.4 Å². The first-order valence-electron chi connectivity index (χ1n) is 7.25. The molecule has 0 aliphatic carbocycles. The molecule has 0 saturated heterocycles. The second-order valence-electron chi connectivity index (χ2n) is 5.04. The maximum Gasteiger partial charge on any atom is 0.340 e. The first-order chi connectivity index (χ1) is 11.5. The highest BCUT2D eigenvalue weighted by atomic mass is 16.5. The van der Waals surface area contributed by atoms with Crippen LogP contribution in [0, 0.1) is 0 Å². The molecule has 0 bridgehead atoms. The molecule has 1 aromatic heterocycles. The SMILES string of the molecule is CC(=O)Nc1ccc(NC(=O)[C@@H](C)OC(=O)c2cccnc2)cc1. The van der Waals surface area contributed by atoms with Gasteiger partial charge in [-0.3, -0.25) is 14.6 Å². The Labute approximate surface area is 139 Å². The molecule has 2 rings (SSSR count). The van der Waals surface area contributed by atoms with Crippen LogP contribution in [0.25, 0.3) is 0 Å². The highest BCUT2D eigenvalue weighted by molar-refractivity contribution is 5.97. The maximum absolute atomic E-state index is 12.1. The van der Waals surface area contributed by atoms with Gasteiger partial charge in [0.15, 0.2) is 6.10 Å². The molecule has 0 fully saturated rings. The molecule has 0 unspecified atom stereocenters. The van der Waals surface area contributed by atoms with Crippen LogP contribution in [0.4, 0.5) is 11.4 Å². The van der Waals surface area contributed by atoms with Gasteiger partial charge in [0.1, 0.15) is 0 Å². The third-order valence-corrected chi connectivity index (χ3v) is 3.02. The van der Waals surface area contributed by atoms with Gasteiger partial charge in [0, 0.05) is 30.7 Å². The van der Waals surface area contributed by atoms with E-state index in [9.17, 15) is 14.4 Å². The third kappa shape index (κ3) is 4.91. The van der Waals surface area contributed by atoms with Crippen LogP contribution in [0.2, 0.25) is 0 Å². The van der Waals surface area contributed by atoms with Crippen molar-refractivity contribution in [3.8, 4) is 0 Å². The van der Waals surface area contributed by atoms with Crippen LogP contribution in [0.5, 0.6) is 0 Å². The van der Waals surface area contributed by atoms with Crippen molar-refractivity contribution in [3.63, 3.8) is 0 Å². The normalized spacial score (nSPS) is 11.2. The lowest BCUT2D eigenvalue weighted by Crippen LogP contribution is -2.30. The van der Waals surface area contributed by atoms with E-state index in [1.165, 1.54) is 26.2 Å². The molecule has 2 aromatic rings. The van der Waals surface area contributed by atoms with Gasteiger partial charge in [-0.2, -0.15) is 0 Å². The number of nitrogens with zero attached hydrogens (tertiary/aromatic N) is 1. The second kappa shape index (κ2) is 7.87. The quantitative estimate of drug-likeness (QED) is 0.821. The van der Waals surface area contributed by atoms with Gasteiger partial charge >= 0.3 is 5.97 Å². The summed E-state index contributed by atoms with van der Waals surface area (Å²) in [6.07, 6.45) is 1.94. The molecule has 0 aliphatic rings. The number of carbonyl (C=O) groups is 3. The number of nitrogens with one attached hydrogen (secondary N) is 2. The topological polar surface area (TPSA) is 97.4 Å². The first-order valence-corrected chi connectivity index (χ1v) is 7.25. The summed E-state index contributed by atoms with van der Waals surface area (Å²) in [7, 11) is 0. The van der Waals surface area contributed by atoms with E-state index in [2.05, 4.69) is 15.6 Å². The Morgan fingerprint density at radius 1 is 1.04 bits per heavy atom. The van der Waals surface area contributed by atoms with E-state index in [4.69, 9.17) is 4.74 Å². The van der Waals surface area contributed by atoms with Crippen LogP contribution < -0.4 is 10.6 Å². The number of amides is 2. The van der Waals surface area contributed by atoms with E-state index in [1.807, 2.05) is 0 Å². The number of benzene rings is 1. The smallest absolute Gasteiger partial charge is 0.340 e. The Bertz CT molecular complexity index is 729. The van der Waals surface area contributed by atoms with Crippen LogP contribution in [0.1, 0.15) is 24.2 Å². The van der Waals surface area contributed by atoms with Gasteiger partial charge < -0.3 is 15.4 Å². The highest BCUT2D eigenvalue weighted by Crippen LogP contribution is 2.14. The number of pyridine rings is 1. The Balaban J connectivity index is 1.91. The number of hydrogen-bond acceptors (Lipinski definition) is 5. The van der Waals surface area contributed by atoms with E-state index in [-0.39, 0.29) is 11.5 Å². The van der Waals surface area contributed by atoms with Crippen molar-refractivity contribution >= 4 is 29.2 Å². The fourth-order valence-corrected chi connectivity index (χ4v) is 1.85. The zero-order valence-corrected chi connectivity index (χ0v) is 13.3. The molecule has 124 valence electrons. The van der Waals surface area contributed by atoms with Gasteiger partial charge in [0.05, 0.1) is 5.56 Å². The van der Waals surface area contributed by atoms with Gasteiger partial charge in [-0.1, -0.05) is 0 Å². The van der Waals surface area contributed by atoms with Gasteiger partial charge in [0.25, 0.3) is 5.91 Å². The predicted molar refractivity (Wildman–Crippen MR) is 88.5 cm³/mol. The van der Waals surface area contributed by atoms with Crippen LogP contribution in [-0.4, -0.2) is 28.9 Å². The fourth-order valence-electron chi connectivity index (χ4n) is 1.85. The molecule has 7 heteroatoms. The lowest BCUT2D eigenvalue weighted by Gasteiger charge is -2.13. The predicted octanol–water partition coefficient (Wildman–Crippen LogP) is 2.22. The minimum Gasteiger partial charge on any atom is -0.449 e. The molecule has 1 heterocycles. The minimum atomic E-state index is -0.965. The summed E-state index contributed by atoms with van der Waals surface area (Å²) < 4.78 is 5.10. The Morgan fingerprint density at radius 2 is 1.67 bits per heavy atom. The molecular formula is C17H17N3O4. The molecule has 0 spiro atoms. The van der Waals surface area contributed by atoms with Crippen LogP contribution >= 0.6 is 0 Å². The van der Waals surface area contributed by atoms with Crippen molar-refractivity contribution in [2.75, 3.05) is 10.6 Å². The number of ether oxygens (including phenoxy) is 1.